The van der Waals surface area contributed by atoms with Crippen LogP contribution in [-0.2, 0) is 14.2 Å². The monoisotopic (exact) mass is 174 g/mol. The van der Waals surface area contributed by atoms with Crippen LogP contribution in [0.5, 0.6) is 0 Å². The second-order valence-electron chi connectivity index (χ2n) is 2.93. The van der Waals surface area contributed by atoms with E-state index in [2.05, 4.69) is 0 Å². The Hall–Kier alpha value is -0.120. The lowest BCUT2D eigenvalue weighted by molar-refractivity contribution is -0.276. The largest absolute Gasteiger partial charge is 0.376 e. The first-order chi connectivity index (χ1) is 5.83. The van der Waals surface area contributed by atoms with E-state index in [1.165, 1.54) is 0 Å². The first kappa shape index (κ1) is 9.96. The standard InChI is InChI=1S/C9H18O3/c1-3-11-9(12-4-2)6-5-7-10-8-9/h3-8H2,1-2H3. The van der Waals surface area contributed by atoms with Gasteiger partial charge in [0, 0.05) is 26.2 Å². The SMILES string of the molecule is CCOC1(OCC)CCCOC1. The highest BCUT2D eigenvalue weighted by atomic mass is 16.7. The van der Waals surface area contributed by atoms with E-state index in [9.17, 15) is 0 Å². The molecule has 0 aromatic carbocycles. The molecule has 0 N–H and O–H groups in total. The number of rotatable bonds is 4. The van der Waals surface area contributed by atoms with Gasteiger partial charge in [0.05, 0.1) is 0 Å². The van der Waals surface area contributed by atoms with Gasteiger partial charge in [-0.2, -0.15) is 0 Å². The van der Waals surface area contributed by atoms with Crippen LogP contribution in [-0.4, -0.2) is 32.2 Å². The van der Waals surface area contributed by atoms with Crippen LogP contribution in [0, 0.1) is 0 Å². The molecule has 0 amide bonds. The summed E-state index contributed by atoms with van der Waals surface area (Å²) in [4.78, 5) is 0. The average molecular weight is 174 g/mol. The first-order valence-corrected chi connectivity index (χ1v) is 4.68. The topological polar surface area (TPSA) is 27.7 Å². The van der Waals surface area contributed by atoms with Gasteiger partial charge in [-0.25, -0.2) is 0 Å². The van der Waals surface area contributed by atoms with Crippen molar-refractivity contribution in [3.05, 3.63) is 0 Å². The molecule has 3 nitrogen and oxygen atoms in total. The Labute approximate surface area is 74.0 Å². The van der Waals surface area contributed by atoms with Gasteiger partial charge >= 0.3 is 0 Å². The third-order valence-electron chi connectivity index (χ3n) is 1.98. The summed E-state index contributed by atoms with van der Waals surface area (Å²) in [5, 5.41) is 0. The number of hydrogen-bond acceptors (Lipinski definition) is 3. The van der Waals surface area contributed by atoms with Gasteiger partial charge in [-0.15, -0.1) is 0 Å². The third kappa shape index (κ3) is 2.44. The van der Waals surface area contributed by atoms with E-state index in [0.29, 0.717) is 19.8 Å². The Morgan fingerprint density at radius 3 is 2.33 bits per heavy atom. The minimum absolute atomic E-state index is 0.443. The summed E-state index contributed by atoms with van der Waals surface area (Å²) < 4.78 is 16.5. The van der Waals surface area contributed by atoms with Crippen LogP contribution in [0.1, 0.15) is 26.7 Å². The summed E-state index contributed by atoms with van der Waals surface area (Å²) in [5.41, 5.74) is 0. The van der Waals surface area contributed by atoms with E-state index in [1.807, 2.05) is 13.8 Å². The van der Waals surface area contributed by atoms with E-state index in [4.69, 9.17) is 14.2 Å². The quantitative estimate of drug-likeness (QED) is 0.605. The molecule has 0 bridgehead atoms. The van der Waals surface area contributed by atoms with Gasteiger partial charge in [-0.1, -0.05) is 0 Å². The fourth-order valence-electron chi connectivity index (χ4n) is 1.54. The summed E-state index contributed by atoms with van der Waals surface area (Å²) in [6, 6.07) is 0. The maximum absolute atomic E-state index is 5.56. The zero-order chi connectivity index (χ0) is 8.86. The smallest absolute Gasteiger partial charge is 0.191 e. The van der Waals surface area contributed by atoms with Gasteiger partial charge in [0.1, 0.15) is 6.61 Å². The molecule has 72 valence electrons. The molecule has 0 aliphatic carbocycles. The fraction of sp³-hybridized carbons (Fsp3) is 1.00. The molecule has 0 spiro atoms. The Morgan fingerprint density at radius 1 is 1.25 bits per heavy atom. The highest BCUT2D eigenvalue weighted by Gasteiger charge is 2.33. The molecule has 1 aliphatic heterocycles. The minimum atomic E-state index is -0.443. The van der Waals surface area contributed by atoms with Gasteiger partial charge < -0.3 is 14.2 Å². The van der Waals surface area contributed by atoms with Crippen molar-refractivity contribution in [1.82, 2.24) is 0 Å². The molecule has 12 heavy (non-hydrogen) atoms. The highest BCUT2D eigenvalue weighted by Crippen LogP contribution is 2.24. The fourth-order valence-corrected chi connectivity index (χ4v) is 1.54. The lowest BCUT2D eigenvalue weighted by Crippen LogP contribution is -2.44. The normalized spacial score (nSPS) is 22.5. The van der Waals surface area contributed by atoms with E-state index < -0.39 is 5.79 Å². The molecule has 3 heteroatoms. The Kier molecular flexibility index (Phi) is 3.98. The van der Waals surface area contributed by atoms with Crippen LogP contribution in [0.3, 0.4) is 0 Å². The Bertz CT molecular complexity index is 103. The van der Waals surface area contributed by atoms with Crippen molar-refractivity contribution in [2.45, 2.75) is 32.5 Å². The van der Waals surface area contributed by atoms with Crippen LogP contribution < -0.4 is 0 Å². The third-order valence-corrected chi connectivity index (χ3v) is 1.98. The van der Waals surface area contributed by atoms with Crippen LogP contribution in [0.15, 0.2) is 0 Å². The second kappa shape index (κ2) is 4.80. The highest BCUT2D eigenvalue weighted by molar-refractivity contribution is 4.73. The summed E-state index contributed by atoms with van der Waals surface area (Å²) in [5.74, 6) is -0.443. The van der Waals surface area contributed by atoms with Gasteiger partial charge in [-0.05, 0) is 20.3 Å². The van der Waals surface area contributed by atoms with E-state index in [-0.39, 0.29) is 0 Å². The molecule has 0 atom stereocenters. The molecule has 0 saturated carbocycles. The molecule has 1 fully saturated rings. The Morgan fingerprint density at radius 2 is 1.92 bits per heavy atom. The van der Waals surface area contributed by atoms with Gasteiger partial charge in [-0.3, -0.25) is 0 Å². The lowest BCUT2D eigenvalue weighted by atomic mass is 10.1. The molecular weight excluding hydrogens is 156 g/mol. The van der Waals surface area contributed by atoms with E-state index >= 15 is 0 Å². The maximum atomic E-state index is 5.56. The summed E-state index contributed by atoms with van der Waals surface area (Å²) in [6.07, 6.45) is 1.98. The molecule has 1 heterocycles. The van der Waals surface area contributed by atoms with Crippen molar-refractivity contribution in [3.8, 4) is 0 Å². The number of hydrogen-bond donors (Lipinski definition) is 0. The van der Waals surface area contributed by atoms with Crippen molar-refractivity contribution >= 4 is 0 Å². The lowest BCUT2D eigenvalue weighted by Gasteiger charge is -2.35. The van der Waals surface area contributed by atoms with Gasteiger partial charge in [0.15, 0.2) is 5.79 Å². The van der Waals surface area contributed by atoms with Crippen molar-refractivity contribution in [2.24, 2.45) is 0 Å². The predicted molar refractivity (Wildman–Crippen MR) is 46.0 cm³/mol. The van der Waals surface area contributed by atoms with Crippen LogP contribution in [0.4, 0.5) is 0 Å². The zero-order valence-electron chi connectivity index (χ0n) is 7.97. The summed E-state index contributed by atoms with van der Waals surface area (Å²) in [7, 11) is 0. The zero-order valence-corrected chi connectivity index (χ0v) is 7.97. The molecule has 1 rings (SSSR count). The molecule has 0 unspecified atom stereocenters. The van der Waals surface area contributed by atoms with Crippen molar-refractivity contribution in [2.75, 3.05) is 26.4 Å². The molecule has 1 aliphatic rings. The first-order valence-electron chi connectivity index (χ1n) is 4.68. The van der Waals surface area contributed by atoms with Gasteiger partial charge in [0.2, 0.25) is 0 Å². The molecular formula is C9H18O3. The predicted octanol–water partition coefficient (Wildman–Crippen LogP) is 1.57. The number of ether oxygens (including phenoxy) is 3. The van der Waals surface area contributed by atoms with Crippen molar-refractivity contribution in [1.29, 1.82) is 0 Å². The van der Waals surface area contributed by atoms with Crippen LogP contribution >= 0.6 is 0 Å². The van der Waals surface area contributed by atoms with Crippen LogP contribution in [0.25, 0.3) is 0 Å². The Balaban J connectivity index is 2.44. The molecule has 1 saturated heterocycles. The van der Waals surface area contributed by atoms with E-state index in [0.717, 1.165) is 19.4 Å². The van der Waals surface area contributed by atoms with Crippen molar-refractivity contribution < 1.29 is 14.2 Å². The van der Waals surface area contributed by atoms with Gasteiger partial charge in [0.25, 0.3) is 0 Å². The molecule has 0 radical (unpaired) electrons. The summed E-state index contributed by atoms with van der Waals surface area (Å²) in [6.45, 7) is 6.74. The van der Waals surface area contributed by atoms with Crippen molar-refractivity contribution in [3.63, 3.8) is 0 Å². The second-order valence-corrected chi connectivity index (χ2v) is 2.93. The van der Waals surface area contributed by atoms with E-state index in [1.54, 1.807) is 0 Å². The molecule has 0 aromatic rings. The average Bonchev–Trinajstić information content (AvgIpc) is 2.07. The molecule has 0 aromatic heterocycles. The summed E-state index contributed by atoms with van der Waals surface area (Å²) >= 11 is 0. The maximum Gasteiger partial charge on any atom is 0.191 e. The van der Waals surface area contributed by atoms with Crippen LogP contribution in [0.2, 0.25) is 0 Å². The minimum Gasteiger partial charge on any atom is -0.376 e.